The van der Waals surface area contributed by atoms with Crippen molar-refractivity contribution in [2.75, 3.05) is 6.54 Å². The Morgan fingerprint density at radius 2 is 1.93 bits per heavy atom. The van der Waals surface area contributed by atoms with E-state index in [9.17, 15) is 4.79 Å². The maximum absolute atomic E-state index is 11.2. The summed E-state index contributed by atoms with van der Waals surface area (Å²) >= 11 is 5.65. The Balaban J connectivity index is 2.44. The molecule has 1 rings (SSSR count). The summed E-state index contributed by atoms with van der Waals surface area (Å²) in [7, 11) is 0. The third kappa shape index (κ3) is 3.92. The smallest absolute Gasteiger partial charge is 0.237 e. The first-order valence-electron chi connectivity index (χ1n) is 5.08. The normalized spacial score (nSPS) is 14.3. The second-order valence-electron chi connectivity index (χ2n) is 3.67. The highest BCUT2D eigenvalue weighted by atomic mass is 35.5. The number of rotatable bonds is 4. The Kier molecular flexibility index (Phi) is 4.63. The van der Waals surface area contributed by atoms with E-state index in [4.69, 9.17) is 11.6 Å². The molecule has 0 fully saturated rings. The zero-order valence-corrected chi connectivity index (χ0v) is 9.79. The molecule has 1 N–H and O–H groups in total. The van der Waals surface area contributed by atoms with Crippen LogP contribution in [0.2, 0.25) is 0 Å². The molecule has 1 amide bonds. The number of alkyl halides is 1. The Hall–Kier alpha value is -1.02. The Morgan fingerprint density at radius 3 is 2.47 bits per heavy atom. The van der Waals surface area contributed by atoms with E-state index in [0.29, 0.717) is 12.5 Å². The van der Waals surface area contributed by atoms with Gasteiger partial charge in [0.2, 0.25) is 5.91 Å². The van der Waals surface area contributed by atoms with E-state index >= 15 is 0 Å². The molecule has 0 aliphatic heterocycles. The molecule has 0 saturated heterocycles. The van der Waals surface area contributed by atoms with Gasteiger partial charge in [-0.3, -0.25) is 4.79 Å². The number of carbonyl (C=O) groups excluding carboxylic acids is 1. The molecule has 3 heteroatoms. The molecule has 2 atom stereocenters. The minimum Gasteiger partial charge on any atom is -0.354 e. The Morgan fingerprint density at radius 1 is 1.33 bits per heavy atom. The van der Waals surface area contributed by atoms with E-state index in [2.05, 4.69) is 24.4 Å². The first-order chi connectivity index (χ1) is 7.11. The van der Waals surface area contributed by atoms with E-state index in [-0.39, 0.29) is 5.91 Å². The van der Waals surface area contributed by atoms with Gasteiger partial charge in [-0.2, -0.15) is 0 Å². The molecule has 0 aliphatic carbocycles. The molecule has 0 heterocycles. The zero-order chi connectivity index (χ0) is 11.3. The van der Waals surface area contributed by atoms with Crippen molar-refractivity contribution in [3.63, 3.8) is 0 Å². The van der Waals surface area contributed by atoms with Gasteiger partial charge in [0, 0.05) is 6.54 Å². The maximum Gasteiger partial charge on any atom is 0.237 e. The molecule has 0 aromatic heterocycles. The van der Waals surface area contributed by atoms with Gasteiger partial charge in [0.05, 0.1) is 0 Å². The number of nitrogens with one attached hydrogen (secondary N) is 1. The fourth-order valence-electron chi connectivity index (χ4n) is 1.29. The molecule has 1 aromatic rings. The number of hydrogen-bond donors (Lipinski definition) is 1. The van der Waals surface area contributed by atoms with Gasteiger partial charge in [-0.05, 0) is 18.4 Å². The lowest BCUT2D eigenvalue weighted by Crippen LogP contribution is -2.32. The first kappa shape index (κ1) is 12.1. The van der Waals surface area contributed by atoms with Gasteiger partial charge in [0.1, 0.15) is 5.38 Å². The summed E-state index contributed by atoms with van der Waals surface area (Å²) in [6, 6.07) is 10.1. The molecule has 0 radical (unpaired) electrons. The van der Waals surface area contributed by atoms with Crippen molar-refractivity contribution in [2.45, 2.75) is 25.1 Å². The molecule has 82 valence electrons. The number of hydrogen-bond acceptors (Lipinski definition) is 1. The van der Waals surface area contributed by atoms with Crippen LogP contribution in [-0.2, 0) is 4.79 Å². The standard InChI is InChI=1S/C12H16ClNO/c1-9(8-14-12(15)10(2)13)11-6-4-3-5-7-11/h3-7,9-10H,8H2,1-2H3,(H,14,15)/t9-,10-/m1/s1. The van der Waals surface area contributed by atoms with Crippen LogP contribution < -0.4 is 5.32 Å². The van der Waals surface area contributed by atoms with Crippen LogP contribution in [0.5, 0.6) is 0 Å². The SMILES string of the molecule is C[C@H](CNC(=O)[C@@H](C)Cl)c1ccccc1. The quantitative estimate of drug-likeness (QED) is 0.784. The molecule has 2 nitrogen and oxygen atoms in total. The van der Waals surface area contributed by atoms with Crippen LogP contribution in [0, 0.1) is 0 Å². The topological polar surface area (TPSA) is 29.1 Å². The lowest BCUT2D eigenvalue weighted by molar-refractivity contribution is -0.120. The van der Waals surface area contributed by atoms with Crippen LogP contribution in [0.4, 0.5) is 0 Å². The molecule has 0 bridgehead atoms. The van der Waals surface area contributed by atoms with E-state index in [1.54, 1.807) is 6.92 Å². The highest BCUT2D eigenvalue weighted by Crippen LogP contribution is 2.13. The first-order valence-corrected chi connectivity index (χ1v) is 5.51. The second-order valence-corrected chi connectivity index (χ2v) is 4.33. The van der Waals surface area contributed by atoms with Crippen LogP contribution in [0.3, 0.4) is 0 Å². The van der Waals surface area contributed by atoms with Gasteiger partial charge in [0.25, 0.3) is 0 Å². The van der Waals surface area contributed by atoms with Crippen molar-refractivity contribution in [1.82, 2.24) is 5.32 Å². The highest BCUT2D eigenvalue weighted by molar-refractivity contribution is 6.30. The lowest BCUT2D eigenvalue weighted by Gasteiger charge is -2.13. The molecule has 0 spiro atoms. The average molecular weight is 226 g/mol. The van der Waals surface area contributed by atoms with Crippen LogP contribution in [-0.4, -0.2) is 17.8 Å². The third-order valence-corrected chi connectivity index (χ3v) is 2.51. The zero-order valence-electron chi connectivity index (χ0n) is 9.03. The van der Waals surface area contributed by atoms with Crippen molar-refractivity contribution in [3.05, 3.63) is 35.9 Å². The Labute approximate surface area is 95.6 Å². The van der Waals surface area contributed by atoms with Gasteiger partial charge < -0.3 is 5.32 Å². The van der Waals surface area contributed by atoms with E-state index in [1.807, 2.05) is 18.2 Å². The van der Waals surface area contributed by atoms with Crippen molar-refractivity contribution >= 4 is 17.5 Å². The predicted molar refractivity (Wildman–Crippen MR) is 63.2 cm³/mol. The summed E-state index contributed by atoms with van der Waals surface area (Å²) in [5.74, 6) is 0.199. The molecule has 1 aromatic carbocycles. The molecular weight excluding hydrogens is 210 g/mol. The van der Waals surface area contributed by atoms with Crippen molar-refractivity contribution in [1.29, 1.82) is 0 Å². The minimum absolute atomic E-state index is 0.112. The molecule has 15 heavy (non-hydrogen) atoms. The summed E-state index contributed by atoms with van der Waals surface area (Å²) in [6.45, 7) is 4.37. The maximum atomic E-state index is 11.2. The monoisotopic (exact) mass is 225 g/mol. The average Bonchev–Trinajstić information content (AvgIpc) is 2.26. The van der Waals surface area contributed by atoms with E-state index in [1.165, 1.54) is 5.56 Å². The fraction of sp³-hybridized carbons (Fsp3) is 0.417. The van der Waals surface area contributed by atoms with E-state index < -0.39 is 5.38 Å². The largest absolute Gasteiger partial charge is 0.354 e. The van der Waals surface area contributed by atoms with E-state index in [0.717, 1.165) is 0 Å². The summed E-state index contributed by atoms with van der Waals surface area (Å²) in [5, 5.41) is 2.34. The molecule has 0 unspecified atom stereocenters. The summed E-state index contributed by atoms with van der Waals surface area (Å²) < 4.78 is 0. The number of halogens is 1. The molecule has 0 aliphatic rings. The van der Waals surface area contributed by atoms with Crippen LogP contribution in [0.1, 0.15) is 25.3 Å². The van der Waals surface area contributed by atoms with Crippen molar-refractivity contribution < 1.29 is 4.79 Å². The number of carbonyl (C=O) groups is 1. The van der Waals surface area contributed by atoms with Crippen LogP contribution in [0.15, 0.2) is 30.3 Å². The van der Waals surface area contributed by atoms with Gasteiger partial charge in [-0.15, -0.1) is 11.6 Å². The molecule has 0 saturated carbocycles. The summed E-state index contributed by atoms with van der Waals surface area (Å²) in [4.78, 5) is 11.2. The third-order valence-electron chi connectivity index (χ3n) is 2.31. The second kappa shape index (κ2) is 5.76. The predicted octanol–water partition coefficient (Wildman–Crippen LogP) is 2.53. The van der Waals surface area contributed by atoms with Crippen molar-refractivity contribution in [2.24, 2.45) is 0 Å². The Bertz CT molecular complexity index is 311. The van der Waals surface area contributed by atoms with Gasteiger partial charge in [-0.1, -0.05) is 37.3 Å². The van der Waals surface area contributed by atoms with Crippen LogP contribution >= 0.6 is 11.6 Å². The summed E-state index contributed by atoms with van der Waals surface area (Å²) in [6.07, 6.45) is 0. The molecular formula is C12H16ClNO. The van der Waals surface area contributed by atoms with Crippen molar-refractivity contribution in [3.8, 4) is 0 Å². The van der Waals surface area contributed by atoms with Gasteiger partial charge in [-0.25, -0.2) is 0 Å². The number of benzene rings is 1. The van der Waals surface area contributed by atoms with Gasteiger partial charge >= 0.3 is 0 Å². The minimum atomic E-state index is -0.465. The number of amides is 1. The highest BCUT2D eigenvalue weighted by Gasteiger charge is 2.10. The summed E-state index contributed by atoms with van der Waals surface area (Å²) in [5.41, 5.74) is 1.22. The lowest BCUT2D eigenvalue weighted by atomic mass is 10.0. The van der Waals surface area contributed by atoms with Gasteiger partial charge in [0.15, 0.2) is 0 Å². The van der Waals surface area contributed by atoms with Crippen LogP contribution in [0.25, 0.3) is 0 Å². The fourth-order valence-corrected chi connectivity index (χ4v) is 1.37.